The van der Waals surface area contributed by atoms with Crippen molar-refractivity contribution < 1.29 is 18.0 Å². The third-order valence-corrected chi connectivity index (χ3v) is 4.46. The van der Waals surface area contributed by atoms with Crippen molar-refractivity contribution in [2.45, 2.75) is 13.1 Å². The molecule has 0 radical (unpaired) electrons. The monoisotopic (exact) mass is 411 g/mol. The molecule has 30 heavy (non-hydrogen) atoms. The Balaban J connectivity index is 1.54. The second-order valence-electron chi connectivity index (χ2n) is 6.64. The van der Waals surface area contributed by atoms with Gasteiger partial charge in [0.2, 0.25) is 5.78 Å². The molecule has 0 aliphatic heterocycles. The summed E-state index contributed by atoms with van der Waals surface area (Å²) in [6.07, 6.45) is 0.808. The number of anilines is 2. The van der Waals surface area contributed by atoms with Crippen LogP contribution in [0.15, 0.2) is 67.1 Å². The quantitative estimate of drug-likeness (QED) is 0.476. The molecule has 0 saturated heterocycles. The van der Waals surface area contributed by atoms with Gasteiger partial charge in [0.05, 0.1) is 11.3 Å². The van der Waals surface area contributed by atoms with Crippen molar-refractivity contribution in [3.8, 4) is 11.3 Å². The number of carbonyl (C=O) groups is 1. The van der Waals surface area contributed by atoms with Crippen LogP contribution >= 0.6 is 0 Å². The summed E-state index contributed by atoms with van der Waals surface area (Å²) in [5, 5.41) is 5.11. The number of rotatable bonds is 3. The van der Waals surface area contributed by atoms with Gasteiger partial charge in [0.25, 0.3) is 0 Å². The third kappa shape index (κ3) is 4.09. The molecule has 2 N–H and O–H groups in total. The van der Waals surface area contributed by atoms with Crippen molar-refractivity contribution >= 4 is 23.2 Å². The van der Waals surface area contributed by atoms with Crippen LogP contribution in [0, 0.1) is 6.92 Å². The van der Waals surface area contributed by atoms with E-state index in [0.717, 1.165) is 23.3 Å². The number of hydrogen-bond donors (Lipinski definition) is 2. The van der Waals surface area contributed by atoms with E-state index in [1.165, 1.54) is 12.1 Å². The van der Waals surface area contributed by atoms with Gasteiger partial charge in [-0.3, -0.25) is 4.40 Å². The topological polar surface area (TPSA) is 71.3 Å². The predicted molar refractivity (Wildman–Crippen MR) is 107 cm³/mol. The molecule has 0 aliphatic carbocycles. The first-order valence-corrected chi connectivity index (χ1v) is 8.95. The van der Waals surface area contributed by atoms with Crippen LogP contribution < -0.4 is 10.6 Å². The standard InChI is InChI=1S/C21H16F3N5O/c1-13-6-7-14(18-12-29-9-3-8-25-19(29)27-18)10-17(13)28-20(30)26-16-5-2-4-15(11-16)21(22,23)24/h2-12H,1H3,(H2,26,28,30). The lowest BCUT2D eigenvalue weighted by atomic mass is 10.1. The highest BCUT2D eigenvalue weighted by Crippen LogP contribution is 2.31. The lowest BCUT2D eigenvalue weighted by Gasteiger charge is -2.12. The van der Waals surface area contributed by atoms with Crippen LogP contribution in [-0.4, -0.2) is 20.4 Å². The molecule has 4 aromatic rings. The third-order valence-electron chi connectivity index (χ3n) is 4.46. The normalized spacial score (nSPS) is 11.5. The van der Waals surface area contributed by atoms with Gasteiger partial charge < -0.3 is 10.6 Å². The van der Waals surface area contributed by atoms with E-state index >= 15 is 0 Å². The Morgan fingerprint density at radius 1 is 1.07 bits per heavy atom. The molecule has 0 atom stereocenters. The minimum absolute atomic E-state index is 0.0440. The summed E-state index contributed by atoms with van der Waals surface area (Å²) in [7, 11) is 0. The van der Waals surface area contributed by atoms with E-state index in [-0.39, 0.29) is 5.69 Å². The van der Waals surface area contributed by atoms with Gasteiger partial charge in [0.1, 0.15) is 0 Å². The van der Waals surface area contributed by atoms with E-state index in [1.807, 2.05) is 31.5 Å². The molecule has 2 aromatic heterocycles. The Labute approximate surface area is 169 Å². The maximum Gasteiger partial charge on any atom is 0.416 e. The number of nitrogens with zero attached hydrogens (tertiary/aromatic N) is 3. The van der Waals surface area contributed by atoms with Gasteiger partial charge in [0, 0.05) is 35.5 Å². The molecule has 2 aromatic carbocycles. The van der Waals surface area contributed by atoms with Crippen molar-refractivity contribution in [3.63, 3.8) is 0 Å². The number of aromatic nitrogens is 3. The van der Waals surface area contributed by atoms with Gasteiger partial charge >= 0.3 is 12.2 Å². The Hall–Kier alpha value is -3.88. The van der Waals surface area contributed by atoms with E-state index in [1.54, 1.807) is 22.7 Å². The Morgan fingerprint density at radius 3 is 2.67 bits per heavy atom. The van der Waals surface area contributed by atoms with Gasteiger partial charge in [-0.15, -0.1) is 0 Å². The Morgan fingerprint density at radius 2 is 1.90 bits per heavy atom. The number of carbonyl (C=O) groups excluding carboxylic acids is 1. The second kappa shape index (κ2) is 7.51. The smallest absolute Gasteiger partial charge is 0.308 e. The zero-order chi connectivity index (χ0) is 21.3. The highest BCUT2D eigenvalue weighted by atomic mass is 19.4. The highest BCUT2D eigenvalue weighted by Gasteiger charge is 2.30. The predicted octanol–water partition coefficient (Wildman–Crippen LogP) is 5.37. The van der Waals surface area contributed by atoms with Crippen molar-refractivity contribution in [2.75, 3.05) is 10.6 Å². The lowest BCUT2D eigenvalue weighted by Crippen LogP contribution is -2.20. The first kappa shape index (κ1) is 19.4. The molecule has 0 fully saturated rings. The number of imidazole rings is 1. The Kier molecular flexibility index (Phi) is 4.86. The highest BCUT2D eigenvalue weighted by molar-refractivity contribution is 6.00. The summed E-state index contributed by atoms with van der Waals surface area (Å²) in [4.78, 5) is 21.0. The molecule has 2 amide bonds. The van der Waals surface area contributed by atoms with E-state index in [0.29, 0.717) is 17.2 Å². The molecule has 2 heterocycles. The fourth-order valence-electron chi connectivity index (χ4n) is 2.94. The summed E-state index contributed by atoms with van der Waals surface area (Å²) in [6.45, 7) is 1.81. The van der Waals surface area contributed by atoms with Gasteiger partial charge in [0.15, 0.2) is 0 Å². The molecule has 0 bridgehead atoms. The van der Waals surface area contributed by atoms with Crippen molar-refractivity contribution in [2.24, 2.45) is 0 Å². The summed E-state index contributed by atoms with van der Waals surface area (Å²) in [5.74, 6) is 0.546. The minimum atomic E-state index is -4.48. The maximum absolute atomic E-state index is 12.8. The number of aryl methyl sites for hydroxylation is 1. The SMILES string of the molecule is Cc1ccc(-c2cn3cccnc3n2)cc1NC(=O)Nc1cccc(C(F)(F)F)c1. The van der Waals surface area contributed by atoms with Gasteiger partial charge in [-0.2, -0.15) is 13.2 Å². The van der Waals surface area contributed by atoms with E-state index < -0.39 is 17.8 Å². The van der Waals surface area contributed by atoms with Crippen LogP contribution in [0.5, 0.6) is 0 Å². The summed E-state index contributed by atoms with van der Waals surface area (Å²) >= 11 is 0. The van der Waals surface area contributed by atoms with Crippen LogP contribution in [0.4, 0.5) is 29.3 Å². The van der Waals surface area contributed by atoms with Crippen LogP contribution in [-0.2, 0) is 6.18 Å². The lowest BCUT2D eigenvalue weighted by molar-refractivity contribution is -0.137. The molecule has 9 heteroatoms. The number of halogens is 3. The average Bonchev–Trinajstić information content (AvgIpc) is 3.13. The van der Waals surface area contributed by atoms with Crippen molar-refractivity contribution in [3.05, 3.63) is 78.2 Å². The fraction of sp³-hybridized carbons (Fsp3) is 0.0952. The van der Waals surface area contributed by atoms with Gasteiger partial charge in [-0.05, 0) is 42.8 Å². The van der Waals surface area contributed by atoms with Gasteiger partial charge in [-0.25, -0.2) is 14.8 Å². The van der Waals surface area contributed by atoms with Gasteiger partial charge in [-0.1, -0.05) is 18.2 Å². The second-order valence-corrected chi connectivity index (χ2v) is 6.64. The first-order valence-electron chi connectivity index (χ1n) is 8.95. The number of benzene rings is 2. The molecular weight excluding hydrogens is 395 g/mol. The summed E-state index contributed by atoms with van der Waals surface area (Å²) in [6, 6.07) is 11.0. The van der Waals surface area contributed by atoms with Crippen LogP contribution in [0.3, 0.4) is 0 Å². The van der Waals surface area contributed by atoms with E-state index in [2.05, 4.69) is 20.6 Å². The number of nitrogens with one attached hydrogen (secondary N) is 2. The summed E-state index contributed by atoms with van der Waals surface area (Å²) in [5.41, 5.74) is 1.96. The maximum atomic E-state index is 12.8. The number of amides is 2. The minimum Gasteiger partial charge on any atom is -0.308 e. The molecule has 4 rings (SSSR count). The van der Waals surface area contributed by atoms with Crippen molar-refractivity contribution in [1.82, 2.24) is 14.4 Å². The zero-order valence-corrected chi connectivity index (χ0v) is 15.7. The molecule has 152 valence electrons. The Bertz CT molecular complexity index is 1200. The molecule has 0 spiro atoms. The molecular formula is C21H16F3N5O. The van der Waals surface area contributed by atoms with Crippen LogP contribution in [0.25, 0.3) is 17.0 Å². The largest absolute Gasteiger partial charge is 0.416 e. The number of hydrogen-bond acceptors (Lipinski definition) is 3. The first-order chi connectivity index (χ1) is 14.3. The molecule has 0 unspecified atom stereocenters. The molecule has 6 nitrogen and oxygen atoms in total. The summed E-state index contributed by atoms with van der Waals surface area (Å²) < 4.78 is 40.3. The number of fused-ring (bicyclic) bond motifs is 1. The molecule has 0 saturated carbocycles. The molecule has 0 aliphatic rings. The fourth-order valence-corrected chi connectivity index (χ4v) is 2.94. The van der Waals surface area contributed by atoms with Crippen LogP contribution in [0.2, 0.25) is 0 Å². The van der Waals surface area contributed by atoms with Crippen LogP contribution in [0.1, 0.15) is 11.1 Å². The zero-order valence-electron chi connectivity index (χ0n) is 15.7. The van der Waals surface area contributed by atoms with E-state index in [4.69, 9.17) is 0 Å². The number of alkyl halides is 3. The van der Waals surface area contributed by atoms with Crippen molar-refractivity contribution in [1.29, 1.82) is 0 Å². The van der Waals surface area contributed by atoms with E-state index in [9.17, 15) is 18.0 Å². The number of urea groups is 1. The average molecular weight is 411 g/mol.